The van der Waals surface area contributed by atoms with Gasteiger partial charge >= 0.3 is 11.4 Å². The molecule has 0 spiro atoms. The van der Waals surface area contributed by atoms with E-state index in [1.54, 1.807) is 13.8 Å². The minimum atomic E-state index is -1.17. The first-order chi connectivity index (χ1) is 16.9. The Hall–Kier alpha value is -2.18. The van der Waals surface area contributed by atoms with E-state index in [2.05, 4.69) is 9.97 Å². The highest BCUT2D eigenvalue weighted by Crippen LogP contribution is 2.41. The molecule has 14 nitrogen and oxygen atoms in total. The molecule has 8 atom stereocenters. The van der Waals surface area contributed by atoms with Gasteiger partial charge in [-0.1, -0.05) is 0 Å². The van der Waals surface area contributed by atoms with Crippen LogP contribution in [-0.4, -0.2) is 97.9 Å². The van der Waals surface area contributed by atoms with Gasteiger partial charge in [-0.05, 0) is 13.8 Å². The number of aliphatic hydroxyl groups excluding tert-OH is 6. The summed E-state index contributed by atoms with van der Waals surface area (Å²) in [7, 11) is 0. The molecule has 4 heterocycles. The predicted octanol–water partition coefficient (Wildman–Crippen LogP) is -3.65. The standard InChI is InChI=1S/2C10H14N2O5S/c2*1-4-2-12(10(17)11-8(4)16)9-7(15)6(14)5(3-13)18-9/h2*2,5-7,9,13-15H,3H2,1H3,(H,11,16,17). The molecule has 2 aliphatic heterocycles. The zero-order chi connectivity index (χ0) is 26.9. The van der Waals surface area contributed by atoms with Crippen LogP contribution < -0.4 is 22.5 Å². The molecule has 16 heteroatoms. The summed E-state index contributed by atoms with van der Waals surface area (Å²) < 4.78 is 2.34. The summed E-state index contributed by atoms with van der Waals surface area (Å²) in [6.07, 6.45) is -1.87. The van der Waals surface area contributed by atoms with Gasteiger partial charge in [0.2, 0.25) is 0 Å². The van der Waals surface area contributed by atoms with Gasteiger partial charge in [0.15, 0.2) is 0 Å². The van der Waals surface area contributed by atoms with Crippen molar-refractivity contribution in [3.8, 4) is 0 Å². The Morgan fingerprint density at radius 2 is 1.03 bits per heavy atom. The van der Waals surface area contributed by atoms with Gasteiger partial charge in [0, 0.05) is 23.5 Å². The summed E-state index contributed by atoms with van der Waals surface area (Å²) in [5.41, 5.74) is -1.57. The summed E-state index contributed by atoms with van der Waals surface area (Å²) in [6.45, 7) is 2.49. The third-order valence-corrected chi connectivity index (χ3v) is 9.00. The van der Waals surface area contributed by atoms with Gasteiger partial charge in [-0.15, -0.1) is 23.5 Å². The van der Waals surface area contributed by atoms with Gasteiger partial charge in [-0.3, -0.25) is 28.7 Å². The lowest BCUT2D eigenvalue weighted by atomic mass is 10.1. The Kier molecular flexibility index (Phi) is 9.05. The van der Waals surface area contributed by atoms with Crippen LogP contribution in [0.4, 0.5) is 0 Å². The monoisotopic (exact) mass is 548 g/mol. The smallest absolute Gasteiger partial charge is 0.329 e. The normalized spacial score (nSPS) is 31.8. The van der Waals surface area contributed by atoms with E-state index in [0.29, 0.717) is 11.1 Å². The molecule has 2 aromatic heterocycles. The highest BCUT2D eigenvalue weighted by atomic mass is 32.2. The van der Waals surface area contributed by atoms with Crippen molar-refractivity contribution in [1.82, 2.24) is 19.1 Å². The lowest BCUT2D eigenvalue weighted by molar-refractivity contribution is 0.0101. The summed E-state index contributed by atoms with van der Waals surface area (Å²) >= 11 is 2.20. The minimum Gasteiger partial charge on any atom is -0.395 e. The molecule has 2 fully saturated rings. The molecule has 0 radical (unpaired) electrons. The first-order valence-corrected chi connectivity index (χ1v) is 12.7. The van der Waals surface area contributed by atoms with E-state index >= 15 is 0 Å². The largest absolute Gasteiger partial charge is 0.395 e. The Labute approximate surface area is 211 Å². The molecular formula is C20H28N4O10S2. The number of aliphatic hydroxyl groups is 6. The van der Waals surface area contributed by atoms with E-state index in [1.807, 2.05) is 0 Å². The number of aromatic amines is 2. The molecule has 2 aliphatic rings. The number of hydrogen-bond acceptors (Lipinski definition) is 12. The molecule has 2 aromatic rings. The second-order valence-corrected chi connectivity index (χ2v) is 11.1. The predicted molar refractivity (Wildman–Crippen MR) is 131 cm³/mol. The zero-order valence-corrected chi connectivity index (χ0v) is 20.8. The fourth-order valence-electron chi connectivity index (χ4n) is 3.77. The number of aromatic nitrogens is 4. The van der Waals surface area contributed by atoms with Crippen molar-refractivity contribution in [2.45, 2.75) is 59.5 Å². The van der Waals surface area contributed by atoms with Gasteiger partial charge < -0.3 is 30.6 Å². The fourth-order valence-corrected chi connectivity index (χ4v) is 6.52. The van der Waals surface area contributed by atoms with Crippen LogP contribution in [0, 0.1) is 13.8 Å². The molecule has 2 saturated heterocycles. The van der Waals surface area contributed by atoms with Crippen molar-refractivity contribution < 1.29 is 30.6 Å². The zero-order valence-electron chi connectivity index (χ0n) is 19.2. The van der Waals surface area contributed by atoms with Gasteiger partial charge in [-0.25, -0.2) is 9.59 Å². The summed E-state index contributed by atoms with van der Waals surface area (Å²) in [4.78, 5) is 50.1. The molecule has 0 aromatic carbocycles. The van der Waals surface area contributed by atoms with Crippen molar-refractivity contribution in [3.05, 3.63) is 65.2 Å². The van der Waals surface area contributed by atoms with Gasteiger partial charge in [0.25, 0.3) is 11.1 Å². The lowest BCUT2D eigenvalue weighted by Gasteiger charge is -2.17. The van der Waals surface area contributed by atoms with E-state index in [-0.39, 0.29) is 13.2 Å². The van der Waals surface area contributed by atoms with E-state index in [0.717, 1.165) is 23.5 Å². The van der Waals surface area contributed by atoms with Crippen molar-refractivity contribution in [3.63, 3.8) is 0 Å². The Morgan fingerprint density at radius 3 is 1.31 bits per heavy atom. The molecule has 36 heavy (non-hydrogen) atoms. The maximum Gasteiger partial charge on any atom is 0.329 e. The summed E-state index contributed by atoms with van der Waals surface area (Å²) in [5, 5.41) is 54.7. The van der Waals surface area contributed by atoms with Gasteiger partial charge in [0.1, 0.15) is 23.0 Å². The van der Waals surface area contributed by atoms with Crippen LogP contribution in [0.2, 0.25) is 0 Å². The highest BCUT2D eigenvalue weighted by Gasteiger charge is 2.44. The lowest BCUT2D eigenvalue weighted by Crippen LogP contribution is -2.38. The Balaban J connectivity index is 0.000000201. The van der Waals surface area contributed by atoms with Gasteiger partial charge in [-0.2, -0.15) is 0 Å². The van der Waals surface area contributed by atoms with E-state index < -0.39 is 68.2 Å². The van der Waals surface area contributed by atoms with E-state index in [9.17, 15) is 39.6 Å². The van der Waals surface area contributed by atoms with Crippen LogP contribution >= 0.6 is 23.5 Å². The first kappa shape index (κ1) is 28.4. The number of aryl methyl sites for hydroxylation is 2. The summed E-state index contributed by atoms with van der Waals surface area (Å²) in [5.74, 6) is 0. The SMILES string of the molecule is Cc1cn(C2SC(CO)C(O)C2O)c(=O)[nH]c1=O.Cc1cn(C2SC(CO)C(O)C2O)c(=O)[nH]c1=O. The molecule has 0 bridgehead atoms. The quantitative estimate of drug-likeness (QED) is 0.185. The fraction of sp³-hybridized carbons (Fsp3) is 0.600. The first-order valence-electron chi connectivity index (χ1n) is 10.8. The third kappa shape index (κ3) is 5.55. The van der Waals surface area contributed by atoms with Crippen LogP contribution in [0.5, 0.6) is 0 Å². The number of H-pyrrole nitrogens is 2. The van der Waals surface area contributed by atoms with Crippen molar-refractivity contribution >= 4 is 23.5 Å². The van der Waals surface area contributed by atoms with Crippen LogP contribution in [0.1, 0.15) is 21.9 Å². The average Bonchev–Trinajstić information content (AvgIpc) is 3.29. The molecule has 0 amide bonds. The van der Waals surface area contributed by atoms with Gasteiger partial charge in [0.05, 0.1) is 35.9 Å². The maximum atomic E-state index is 11.7. The molecule has 0 aliphatic carbocycles. The minimum absolute atomic E-state index is 0.295. The van der Waals surface area contributed by atoms with E-state index in [4.69, 9.17) is 10.2 Å². The highest BCUT2D eigenvalue weighted by molar-refractivity contribution is 8.00. The van der Waals surface area contributed by atoms with E-state index in [1.165, 1.54) is 21.5 Å². The second kappa shape index (κ2) is 11.5. The average molecular weight is 549 g/mol. The Bertz CT molecular complexity index is 1210. The number of rotatable bonds is 4. The van der Waals surface area contributed by atoms with Crippen LogP contribution in [-0.2, 0) is 0 Å². The van der Waals surface area contributed by atoms with Crippen LogP contribution in [0.15, 0.2) is 31.6 Å². The molecule has 8 unspecified atom stereocenters. The second-order valence-electron chi connectivity index (χ2n) is 8.42. The number of hydrogen-bond donors (Lipinski definition) is 8. The van der Waals surface area contributed by atoms with Crippen molar-refractivity contribution in [1.29, 1.82) is 0 Å². The molecule has 4 rings (SSSR count). The molecular weight excluding hydrogens is 520 g/mol. The topological polar surface area (TPSA) is 231 Å². The number of nitrogens with one attached hydrogen (secondary N) is 2. The van der Waals surface area contributed by atoms with Crippen LogP contribution in [0.25, 0.3) is 0 Å². The van der Waals surface area contributed by atoms with Crippen molar-refractivity contribution in [2.24, 2.45) is 0 Å². The molecule has 8 N–H and O–H groups in total. The number of thioether (sulfide) groups is 2. The number of nitrogens with zero attached hydrogens (tertiary/aromatic N) is 2. The van der Waals surface area contributed by atoms with Crippen molar-refractivity contribution in [2.75, 3.05) is 13.2 Å². The molecule has 0 saturated carbocycles. The Morgan fingerprint density at radius 1 is 0.694 bits per heavy atom. The van der Waals surface area contributed by atoms with Crippen LogP contribution in [0.3, 0.4) is 0 Å². The third-order valence-electron chi connectivity index (χ3n) is 5.87. The summed E-state index contributed by atoms with van der Waals surface area (Å²) in [6, 6.07) is 0. The molecule has 200 valence electrons. The maximum absolute atomic E-state index is 11.7.